The fraction of sp³-hybridized carbons (Fsp3) is 0.700. The molecule has 6 nitrogen and oxygen atoms in total. The van der Waals surface area contributed by atoms with E-state index in [-0.39, 0.29) is 10.9 Å². The van der Waals surface area contributed by atoms with E-state index >= 15 is 0 Å². The molecule has 0 aliphatic carbocycles. The van der Waals surface area contributed by atoms with E-state index in [1.54, 1.807) is 13.0 Å². The Morgan fingerprint density at radius 1 is 0.676 bits per heavy atom. The number of hydrogen-bond donors (Lipinski definition) is 0. The van der Waals surface area contributed by atoms with Gasteiger partial charge in [0.15, 0.2) is 5.75 Å². The Morgan fingerprint density at radius 2 is 1.08 bits per heavy atom. The van der Waals surface area contributed by atoms with E-state index < -0.39 is 13.3 Å². The molecular weight excluding hydrogens is 487 g/mol. The van der Waals surface area contributed by atoms with Crippen molar-refractivity contribution in [3.05, 3.63) is 18.2 Å². The van der Waals surface area contributed by atoms with Crippen LogP contribution in [0.3, 0.4) is 0 Å². The van der Waals surface area contributed by atoms with Crippen LogP contribution < -0.4 is 24.3 Å². The van der Waals surface area contributed by atoms with E-state index in [9.17, 15) is 9.36 Å². The Hall–Kier alpha value is -2.07. The van der Waals surface area contributed by atoms with Gasteiger partial charge in [-0.25, -0.2) is 4.79 Å². The molecule has 0 radical (unpaired) electrons. The van der Waals surface area contributed by atoms with Crippen LogP contribution in [-0.2, 0) is 9.36 Å². The zero-order valence-electron chi connectivity index (χ0n) is 24.0. The highest BCUT2D eigenvalue weighted by Crippen LogP contribution is 2.48. The van der Waals surface area contributed by atoms with E-state index in [0.29, 0.717) is 49.4 Å². The maximum atomic E-state index is 13.5. The van der Waals surface area contributed by atoms with Crippen molar-refractivity contribution in [3.63, 3.8) is 0 Å². The van der Waals surface area contributed by atoms with Crippen LogP contribution in [0.5, 0.6) is 23.0 Å². The van der Waals surface area contributed by atoms with Crippen LogP contribution in [0.4, 0.5) is 0 Å². The molecule has 37 heavy (non-hydrogen) atoms. The molecule has 1 aromatic rings. The number of rotatable bonds is 23. The third kappa shape index (κ3) is 11.9. The topological polar surface area (TPSA) is 71.1 Å². The molecule has 0 aliphatic heterocycles. The molecule has 1 rings (SSSR count). The van der Waals surface area contributed by atoms with Crippen molar-refractivity contribution in [2.45, 2.75) is 112 Å². The second kappa shape index (κ2) is 20.0. The summed E-state index contributed by atoms with van der Waals surface area (Å²) in [6.07, 6.45) is 11.9. The summed E-state index contributed by atoms with van der Waals surface area (Å²) in [4.78, 5) is 12.8. The lowest BCUT2D eigenvalue weighted by molar-refractivity contribution is -0.108. The minimum absolute atomic E-state index is 0.244. The summed E-state index contributed by atoms with van der Waals surface area (Å²) in [7, 11) is -2.46. The first-order valence-corrected chi connectivity index (χ1v) is 15.6. The average Bonchev–Trinajstić information content (AvgIpc) is 2.89. The summed E-state index contributed by atoms with van der Waals surface area (Å²) in [6.45, 7) is 15.8. The smallest absolute Gasteiger partial charge is 0.462 e. The van der Waals surface area contributed by atoms with Gasteiger partial charge in [0.2, 0.25) is 22.6 Å². The highest BCUT2D eigenvalue weighted by Gasteiger charge is 2.40. The lowest BCUT2D eigenvalue weighted by atomic mass is 10.2. The van der Waals surface area contributed by atoms with Crippen molar-refractivity contribution in [2.75, 3.05) is 26.4 Å². The first kappa shape index (κ1) is 33.0. The molecule has 7 heteroatoms. The lowest BCUT2D eigenvalue weighted by Crippen LogP contribution is -2.16. The first-order valence-electron chi connectivity index (χ1n) is 14.3. The Labute approximate surface area is 226 Å². The van der Waals surface area contributed by atoms with Gasteiger partial charge in [0.1, 0.15) is 0 Å². The summed E-state index contributed by atoms with van der Waals surface area (Å²) in [5, 5.41) is 0.288. The Balaban J connectivity index is 3.61. The minimum Gasteiger partial charge on any atom is -0.489 e. The monoisotopic (exact) mass is 537 g/mol. The third-order valence-corrected chi connectivity index (χ3v) is 7.41. The van der Waals surface area contributed by atoms with Gasteiger partial charge in [-0.1, -0.05) is 90.2 Å². The van der Waals surface area contributed by atoms with Gasteiger partial charge in [-0.05, 0) is 32.6 Å². The van der Waals surface area contributed by atoms with Gasteiger partial charge in [-0.15, -0.1) is 0 Å². The SMILES string of the molecule is C=C(C)C(=O)[P+](=O)c1cc(OCCCCC)c(OCCCCC)c(OCCCCC)c1OCCCCC. The molecular formula is C30H50O6P+. The quantitative estimate of drug-likeness (QED) is 0.0791. The van der Waals surface area contributed by atoms with Gasteiger partial charge >= 0.3 is 13.3 Å². The number of allylic oxidation sites excluding steroid dienone is 1. The fourth-order valence-electron chi connectivity index (χ4n) is 3.65. The summed E-state index contributed by atoms with van der Waals surface area (Å²) in [5.41, 5.74) is -0.257. The van der Waals surface area contributed by atoms with Crippen LogP contribution in [0.1, 0.15) is 112 Å². The molecule has 0 aliphatic rings. The molecule has 1 atom stereocenters. The second-order valence-electron chi connectivity index (χ2n) is 9.48. The molecule has 210 valence electrons. The van der Waals surface area contributed by atoms with Crippen LogP contribution in [0.2, 0.25) is 0 Å². The summed E-state index contributed by atoms with van der Waals surface area (Å²) < 4.78 is 38.4. The molecule has 1 unspecified atom stereocenters. The normalized spacial score (nSPS) is 11.2. The third-order valence-electron chi connectivity index (χ3n) is 5.89. The average molecular weight is 538 g/mol. The number of carbonyl (C=O) groups is 1. The minimum atomic E-state index is -2.46. The van der Waals surface area contributed by atoms with Gasteiger partial charge < -0.3 is 18.9 Å². The molecule has 0 fully saturated rings. The van der Waals surface area contributed by atoms with E-state index in [1.807, 2.05) is 0 Å². The van der Waals surface area contributed by atoms with Crippen molar-refractivity contribution >= 4 is 18.6 Å². The van der Waals surface area contributed by atoms with Crippen molar-refractivity contribution < 1.29 is 28.3 Å². The molecule has 0 saturated carbocycles. The zero-order chi connectivity index (χ0) is 27.5. The number of hydrogen-bond acceptors (Lipinski definition) is 6. The predicted octanol–water partition coefficient (Wildman–Crippen LogP) is 8.52. The number of carbonyl (C=O) groups excluding carboxylic acids is 1. The van der Waals surface area contributed by atoms with E-state index in [4.69, 9.17) is 18.9 Å². The number of unbranched alkanes of at least 4 members (excludes halogenated alkanes) is 8. The summed E-state index contributed by atoms with van der Waals surface area (Å²) in [5.74, 6) is 1.65. The van der Waals surface area contributed by atoms with Crippen LogP contribution in [0.15, 0.2) is 18.2 Å². The van der Waals surface area contributed by atoms with Gasteiger partial charge in [-0.3, -0.25) is 0 Å². The van der Waals surface area contributed by atoms with Gasteiger partial charge in [0.25, 0.3) is 0 Å². The second-order valence-corrected chi connectivity index (χ2v) is 11.0. The number of benzene rings is 1. The zero-order valence-corrected chi connectivity index (χ0v) is 24.9. The highest BCUT2D eigenvalue weighted by atomic mass is 31.1. The predicted molar refractivity (Wildman–Crippen MR) is 154 cm³/mol. The maximum Gasteiger partial charge on any atom is 0.462 e. The molecule has 1 aromatic carbocycles. The summed E-state index contributed by atoms with van der Waals surface area (Å²) >= 11 is 0. The van der Waals surface area contributed by atoms with Crippen molar-refractivity contribution in [3.8, 4) is 23.0 Å². The standard InChI is InChI=1S/C30H50O6P/c1-7-11-15-19-33-25-23-26(37(32)30(31)24(5)6)28(35-21-17-13-9-3)29(36-22-18-14-10-4)27(25)34-20-16-12-8-2/h23H,5,7-22H2,1-4,6H3/q+1. The van der Waals surface area contributed by atoms with Crippen molar-refractivity contribution in [2.24, 2.45) is 0 Å². The molecule has 0 aromatic heterocycles. The molecule has 0 spiro atoms. The lowest BCUT2D eigenvalue weighted by Gasteiger charge is -2.20. The van der Waals surface area contributed by atoms with Gasteiger partial charge in [0.05, 0.1) is 26.4 Å². The maximum absolute atomic E-state index is 13.5. The van der Waals surface area contributed by atoms with E-state index in [0.717, 1.165) is 77.0 Å². The molecule has 0 N–H and O–H groups in total. The van der Waals surface area contributed by atoms with Crippen LogP contribution in [0, 0.1) is 0 Å². The summed E-state index contributed by atoms with van der Waals surface area (Å²) in [6, 6.07) is 1.66. The van der Waals surface area contributed by atoms with Gasteiger partial charge in [0, 0.05) is 11.6 Å². The van der Waals surface area contributed by atoms with E-state index in [2.05, 4.69) is 34.3 Å². The van der Waals surface area contributed by atoms with Crippen molar-refractivity contribution in [1.29, 1.82) is 0 Å². The Kier molecular flexibility index (Phi) is 17.8. The Bertz CT molecular complexity index is 836. The largest absolute Gasteiger partial charge is 0.489 e. The molecule has 0 bridgehead atoms. The molecule has 0 amide bonds. The fourth-order valence-corrected chi connectivity index (χ4v) is 4.80. The molecule has 0 heterocycles. The Morgan fingerprint density at radius 3 is 1.51 bits per heavy atom. The number of ether oxygens (including phenoxy) is 4. The van der Waals surface area contributed by atoms with Crippen LogP contribution in [-0.4, -0.2) is 32.0 Å². The highest BCUT2D eigenvalue weighted by molar-refractivity contribution is 7.71. The first-order chi connectivity index (χ1) is 17.9. The van der Waals surface area contributed by atoms with Gasteiger partial charge in [-0.2, -0.15) is 0 Å². The van der Waals surface area contributed by atoms with E-state index in [1.165, 1.54) is 0 Å². The van der Waals surface area contributed by atoms with Crippen LogP contribution in [0.25, 0.3) is 0 Å². The molecule has 0 saturated heterocycles. The van der Waals surface area contributed by atoms with Crippen molar-refractivity contribution in [1.82, 2.24) is 0 Å². The van der Waals surface area contributed by atoms with Crippen LogP contribution >= 0.6 is 7.80 Å².